The van der Waals surface area contributed by atoms with Gasteiger partial charge in [-0.25, -0.2) is 0 Å². The first-order valence-corrected chi connectivity index (χ1v) is 16.3. The number of likely N-dealkylation sites (tertiary alicyclic amines) is 1. The third-order valence-electron chi connectivity index (χ3n) is 9.64. The molecular formula is C36H43N5O5. The first kappa shape index (κ1) is 31.5. The topological polar surface area (TPSA) is 119 Å². The molecule has 0 amide bonds. The molecule has 10 heteroatoms. The molecule has 1 saturated heterocycles. The molecule has 2 aliphatic rings. The molecule has 10 nitrogen and oxygen atoms in total. The lowest BCUT2D eigenvalue weighted by molar-refractivity contribution is -0.130. The van der Waals surface area contributed by atoms with Crippen molar-refractivity contribution in [2.24, 2.45) is 7.05 Å². The van der Waals surface area contributed by atoms with Gasteiger partial charge in [-0.2, -0.15) is 5.10 Å². The maximum absolute atomic E-state index is 12.5. The van der Waals surface area contributed by atoms with Crippen LogP contribution in [0.4, 0.5) is 5.69 Å². The van der Waals surface area contributed by atoms with Gasteiger partial charge in [0.05, 0.1) is 32.9 Å². The van der Waals surface area contributed by atoms with E-state index in [0.717, 1.165) is 91.0 Å². The minimum Gasteiger partial charge on any atom is -0.496 e. The Balaban J connectivity index is 1.01. The van der Waals surface area contributed by atoms with Crippen LogP contribution in [-0.4, -0.2) is 71.1 Å². The molecule has 2 aromatic heterocycles. The summed E-state index contributed by atoms with van der Waals surface area (Å²) in [7, 11) is 5.11. The van der Waals surface area contributed by atoms with Gasteiger partial charge in [0.25, 0.3) is 5.56 Å². The fraction of sp³-hybridized carbons (Fsp3) is 0.444. The molecule has 4 aromatic rings. The SMILES string of the molecule is COc1cc(-c2cn(C)c(=O)c3[nH]ncc23)cc(OC)c1CCCCN1CCC(c2ccc(NC3CCC(=O)CC3=O)cc2)CC1. The summed E-state index contributed by atoms with van der Waals surface area (Å²) in [6, 6.07) is 12.3. The molecule has 242 valence electrons. The molecule has 1 aliphatic heterocycles. The number of pyridine rings is 1. The van der Waals surface area contributed by atoms with Crippen LogP contribution in [0.3, 0.4) is 0 Å². The molecule has 3 heterocycles. The Morgan fingerprint density at radius 1 is 0.978 bits per heavy atom. The number of aromatic amines is 1. The number of unbranched alkanes of at least 4 members (excludes halogenated alkanes) is 1. The number of nitrogens with one attached hydrogen (secondary N) is 2. The molecule has 1 unspecified atom stereocenters. The van der Waals surface area contributed by atoms with E-state index in [0.29, 0.717) is 24.3 Å². The zero-order valence-electron chi connectivity index (χ0n) is 26.9. The average Bonchev–Trinajstić information content (AvgIpc) is 3.57. The fourth-order valence-corrected chi connectivity index (χ4v) is 6.97. The number of aromatic nitrogens is 3. The number of ketones is 2. The lowest BCUT2D eigenvalue weighted by atomic mass is 9.89. The zero-order valence-corrected chi connectivity index (χ0v) is 26.9. The van der Waals surface area contributed by atoms with Crippen LogP contribution in [0.5, 0.6) is 11.5 Å². The van der Waals surface area contributed by atoms with E-state index < -0.39 is 0 Å². The lowest BCUT2D eigenvalue weighted by Gasteiger charge is -2.32. The van der Waals surface area contributed by atoms with Gasteiger partial charge in [-0.15, -0.1) is 0 Å². The van der Waals surface area contributed by atoms with Crippen LogP contribution in [0.15, 0.2) is 53.6 Å². The number of methoxy groups -OCH3 is 2. The first-order valence-electron chi connectivity index (χ1n) is 16.3. The third kappa shape index (κ3) is 6.72. The smallest absolute Gasteiger partial charge is 0.276 e. The van der Waals surface area contributed by atoms with Crippen LogP contribution < -0.4 is 20.3 Å². The third-order valence-corrected chi connectivity index (χ3v) is 9.64. The van der Waals surface area contributed by atoms with Gasteiger partial charge >= 0.3 is 0 Å². The predicted octanol–water partition coefficient (Wildman–Crippen LogP) is 5.25. The Labute approximate surface area is 269 Å². The number of hydrogen-bond acceptors (Lipinski definition) is 8. The van der Waals surface area contributed by atoms with E-state index in [2.05, 4.69) is 44.7 Å². The van der Waals surface area contributed by atoms with Crippen LogP contribution in [0.1, 0.15) is 62.0 Å². The van der Waals surface area contributed by atoms with Crippen molar-refractivity contribution in [2.45, 2.75) is 63.3 Å². The normalized spacial score (nSPS) is 17.8. The van der Waals surface area contributed by atoms with Crippen molar-refractivity contribution in [3.05, 3.63) is 70.3 Å². The van der Waals surface area contributed by atoms with Gasteiger partial charge in [0, 0.05) is 41.9 Å². The van der Waals surface area contributed by atoms with Gasteiger partial charge in [-0.3, -0.25) is 19.5 Å². The Bertz CT molecular complexity index is 1740. The number of ether oxygens (including phenoxy) is 2. The Hall–Kier alpha value is -4.44. The summed E-state index contributed by atoms with van der Waals surface area (Å²) in [5, 5.41) is 11.0. The molecule has 0 bridgehead atoms. The summed E-state index contributed by atoms with van der Waals surface area (Å²) >= 11 is 0. The number of aryl methyl sites for hydroxylation is 1. The molecule has 46 heavy (non-hydrogen) atoms. The molecule has 0 spiro atoms. The second kappa shape index (κ2) is 13.9. The quantitative estimate of drug-likeness (QED) is 0.171. The van der Waals surface area contributed by atoms with Crippen molar-refractivity contribution in [1.29, 1.82) is 0 Å². The van der Waals surface area contributed by atoms with Crippen LogP contribution in [0.2, 0.25) is 0 Å². The van der Waals surface area contributed by atoms with Gasteiger partial charge < -0.3 is 24.3 Å². The molecule has 1 aliphatic carbocycles. The van der Waals surface area contributed by atoms with E-state index in [1.54, 1.807) is 32.0 Å². The van der Waals surface area contributed by atoms with Crippen molar-refractivity contribution in [1.82, 2.24) is 19.7 Å². The highest BCUT2D eigenvalue weighted by molar-refractivity contribution is 6.05. The first-order chi connectivity index (χ1) is 22.3. The minimum absolute atomic E-state index is 0.00155. The summed E-state index contributed by atoms with van der Waals surface area (Å²) in [5.41, 5.74) is 5.51. The number of rotatable bonds is 11. The van der Waals surface area contributed by atoms with Crippen molar-refractivity contribution in [2.75, 3.05) is 39.2 Å². The minimum atomic E-state index is -0.255. The summed E-state index contributed by atoms with van der Waals surface area (Å²) in [6.45, 7) is 3.23. The Morgan fingerprint density at radius 3 is 2.37 bits per heavy atom. The maximum Gasteiger partial charge on any atom is 0.276 e. The largest absolute Gasteiger partial charge is 0.496 e. The Kier molecular flexibility index (Phi) is 9.53. The highest BCUT2D eigenvalue weighted by Crippen LogP contribution is 2.38. The summed E-state index contributed by atoms with van der Waals surface area (Å²) < 4.78 is 13.2. The molecule has 1 atom stereocenters. The molecule has 6 rings (SSSR count). The molecule has 2 aromatic carbocycles. The number of nitrogens with zero attached hydrogens (tertiary/aromatic N) is 3. The van der Waals surface area contributed by atoms with E-state index in [-0.39, 0.29) is 29.6 Å². The number of hydrogen-bond donors (Lipinski definition) is 2. The fourth-order valence-electron chi connectivity index (χ4n) is 6.97. The van der Waals surface area contributed by atoms with Crippen LogP contribution in [0, 0.1) is 0 Å². The van der Waals surface area contributed by atoms with Crippen molar-refractivity contribution >= 4 is 28.2 Å². The van der Waals surface area contributed by atoms with Gasteiger partial charge in [0.1, 0.15) is 22.8 Å². The molecule has 2 fully saturated rings. The number of Topliss-reactive ketones (excluding diaryl/α,β-unsaturated/α-hetero) is 2. The average molecular weight is 626 g/mol. The number of fused-ring (bicyclic) bond motifs is 1. The van der Waals surface area contributed by atoms with Crippen molar-refractivity contribution in [3.63, 3.8) is 0 Å². The number of H-pyrrole nitrogens is 1. The van der Waals surface area contributed by atoms with Gasteiger partial charge in [-0.1, -0.05) is 12.1 Å². The maximum atomic E-state index is 12.5. The van der Waals surface area contributed by atoms with Crippen LogP contribution in [0.25, 0.3) is 22.0 Å². The number of benzene rings is 2. The van der Waals surface area contributed by atoms with Crippen LogP contribution >= 0.6 is 0 Å². The van der Waals surface area contributed by atoms with E-state index >= 15 is 0 Å². The lowest BCUT2D eigenvalue weighted by Crippen LogP contribution is -2.35. The number of piperidine rings is 1. The van der Waals surface area contributed by atoms with Crippen LogP contribution in [-0.2, 0) is 23.1 Å². The predicted molar refractivity (Wildman–Crippen MR) is 179 cm³/mol. The second-order valence-corrected chi connectivity index (χ2v) is 12.6. The number of anilines is 1. The Morgan fingerprint density at radius 2 is 1.70 bits per heavy atom. The van der Waals surface area contributed by atoms with E-state index in [4.69, 9.17) is 9.47 Å². The number of carbonyl (C=O) groups is 2. The van der Waals surface area contributed by atoms with Gasteiger partial charge in [-0.05, 0) is 99.5 Å². The van der Waals surface area contributed by atoms with Crippen molar-refractivity contribution < 1.29 is 19.1 Å². The van der Waals surface area contributed by atoms with Crippen molar-refractivity contribution in [3.8, 4) is 22.6 Å². The second-order valence-electron chi connectivity index (χ2n) is 12.6. The van der Waals surface area contributed by atoms with Gasteiger partial charge in [0.2, 0.25) is 0 Å². The molecular weight excluding hydrogens is 582 g/mol. The standard InChI is InChI=1S/C36H43N5O5/c1-40-22-30(29-21-37-39-35(29)36(40)44)25-18-33(45-2)28(34(19-25)46-3)6-4-5-15-41-16-13-24(14-17-41)23-7-9-26(10-8-23)38-31-12-11-27(42)20-32(31)43/h7-10,18-19,21-22,24,31,38H,4-6,11-17,20H2,1-3H3,(H,37,39). The zero-order chi connectivity index (χ0) is 32.2. The highest BCUT2D eigenvalue weighted by Gasteiger charge is 2.27. The summed E-state index contributed by atoms with van der Waals surface area (Å²) in [6.07, 6.45) is 9.84. The van der Waals surface area contributed by atoms with E-state index in [1.807, 2.05) is 18.3 Å². The summed E-state index contributed by atoms with van der Waals surface area (Å²) in [5.74, 6) is 2.15. The molecule has 1 saturated carbocycles. The monoisotopic (exact) mass is 625 g/mol. The van der Waals surface area contributed by atoms with Gasteiger partial charge in [0.15, 0.2) is 5.78 Å². The number of carbonyl (C=O) groups excluding carboxylic acids is 2. The molecule has 2 N–H and O–H groups in total. The highest BCUT2D eigenvalue weighted by atomic mass is 16.5. The molecule has 0 radical (unpaired) electrons. The van der Waals surface area contributed by atoms with E-state index in [9.17, 15) is 14.4 Å². The summed E-state index contributed by atoms with van der Waals surface area (Å²) in [4.78, 5) is 38.8. The van der Waals surface area contributed by atoms with E-state index in [1.165, 1.54) is 5.56 Å².